The van der Waals surface area contributed by atoms with Gasteiger partial charge in [-0.2, -0.15) is 0 Å². The van der Waals surface area contributed by atoms with Gasteiger partial charge in [-0.1, -0.05) is 12.1 Å². The van der Waals surface area contributed by atoms with Crippen LogP contribution in [-0.2, 0) is 6.61 Å². The summed E-state index contributed by atoms with van der Waals surface area (Å²) >= 11 is 0. The van der Waals surface area contributed by atoms with Crippen molar-refractivity contribution in [3.8, 4) is 22.6 Å². The van der Waals surface area contributed by atoms with Crippen molar-refractivity contribution in [2.45, 2.75) is 26.5 Å². The Kier molecular flexibility index (Phi) is 4.98. The molecule has 5 heteroatoms. The zero-order valence-electron chi connectivity index (χ0n) is 15.9. The normalized spacial score (nSPS) is 12.9. The highest BCUT2D eigenvalue weighted by Crippen LogP contribution is 2.37. The fraction of sp³-hybridized carbons (Fsp3) is 0.217. The van der Waals surface area contributed by atoms with Crippen molar-refractivity contribution in [2.24, 2.45) is 0 Å². The number of hydrogen-bond donors (Lipinski definition) is 1. The van der Waals surface area contributed by atoms with Crippen LogP contribution in [0, 0.1) is 0 Å². The SMILES string of the molecule is CCOc1cccc(C(C)NC(=O)c2ccc3c(c2)OCc2cnccc2-3)c1. The fourth-order valence-electron chi connectivity index (χ4n) is 3.37. The second-order valence-electron chi connectivity index (χ2n) is 6.73. The van der Waals surface area contributed by atoms with E-state index in [-0.39, 0.29) is 11.9 Å². The van der Waals surface area contributed by atoms with Crippen LogP contribution in [0.5, 0.6) is 11.5 Å². The van der Waals surface area contributed by atoms with Crippen molar-refractivity contribution < 1.29 is 14.3 Å². The average Bonchev–Trinajstić information content (AvgIpc) is 2.73. The highest BCUT2D eigenvalue weighted by atomic mass is 16.5. The average molecular weight is 374 g/mol. The number of aromatic nitrogens is 1. The third-order valence-corrected chi connectivity index (χ3v) is 4.84. The van der Waals surface area contributed by atoms with Crippen molar-refractivity contribution >= 4 is 5.91 Å². The van der Waals surface area contributed by atoms with Crippen LogP contribution in [0.25, 0.3) is 11.1 Å². The molecule has 28 heavy (non-hydrogen) atoms. The van der Waals surface area contributed by atoms with Crippen LogP contribution < -0.4 is 14.8 Å². The summed E-state index contributed by atoms with van der Waals surface area (Å²) in [5.41, 5.74) is 4.70. The summed E-state index contributed by atoms with van der Waals surface area (Å²) in [4.78, 5) is 16.9. The lowest BCUT2D eigenvalue weighted by atomic mass is 9.97. The molecule has 0 aliphatic carbocycles. The number of pyridine rings is 1. The van der Waals surface area contributed by atoms with Gasteiger partial charge in [-0.05, 0) is 61.4 Å². The summed E-state index contributed by atoms with van der Waals surface area (Å²) in [5.74, 6) is 1.38. The molecule has 3 aromatic rings. The Hall–Kier alpha value is -3.34. The zero-order chi connectivity index (χ0) is 19.5. The number of benzene rings is 2. The second-order valence-corrected chi connectivity index (χ2v) is 6.73. The molecule has 0 radical (unpaired) electrons. The molecule has 0 saturated carbocycles. The molecule has 0 fully saturated rings. The molecular weight excluding hydrogens is 352 g/mol. The van der Waals surface area contributed by atoms with Crippen molar-refractivity contribution in [3.05, 3.63) is 77.6 Å². The molecule has 0 bridgehead atoms. The quantitative estimate of drug-likeness (QED) is 0.713. The first-order chi connectivity index (χ1) is 13.7. The van der Waals surface area contributed by atoms with Gasteiger partial charge < -0.3 is 14.8 Å². The summed E-state index contributed by atoms with van der Waals surface area (Å²) in [6.45, 7) is 4.98. The Labute approximate surface area is 164 Å². The molecule has 2 aromatic carbocycles. The lowest BCUT2D eigenvalue weighted by Gasteiger charge is -2.21. The van der Waals surface area contributed by atoms with E-state index in [0.717, 1.165) is 33.8 Å². The van der Waals surface area contributed by atoms with E-state index in [2.05, 4.69) is 10.3 Å². The van der Waals surface area contributed by atoms with Gasteiger partial charge in [-0.15, -0.1) is 0 Å². The molecule has 0 spiro atoms. The number of amides is 1. The lowest BCUT2D eigenvalue weighted by molar-refractivity contribution is 0.0939. The number of fused-ring (bicyclic) bond motifs is 3. The number of hydrogen-bond acceptors (Lipinski definition) is 4. The smallest absolute Gasteiger partial charge is 0.251 e. The Morgan fingerprint density at radius 2 is 2.11 bits per heavy atom. The van der Waals surface area contributed by atoms with Crippen LogP contribution >= 0.6 is 0 Å². The van der Waals surface area contributed by atoms with E-state index in [1.165, 1.54) is 0 Å². The minimum absolute atomic E-state index is 0.138. The van der Waals surface area contributed by atoms with Gasteiger partial charge in [0, 0.05) is 29.1 Å². The van der Waals surface area contributed by atoms with Gasteiger partial charge in [0.1, 0.15) is 18.1 Å². The predicted molar refractivity (Wildman–Crippen MR) is 107 cm³/mol. The van der Waals surface area contributed by atoms with Crippen LogP contribution in [0.1, 0.15) is 41.4 Å². The van der Waals surface area contributed by atoms with Gasteiger partial charge in [0.05, 0.1) is 12.6 Å². The number of nitrogens with zero attached hydrogens (tertiary/aromatic N) is 1. The van der Waals surface area contributed by atoms with Crippen molar-refractivity contribution in [1.29, 1.82) is 0 Å². The van der Waals surface area contributed by atoms with Gasteiger partial charge in [-0.3, -0.25) is 9.78 Å². The zero-order valence-corrected chi connectivity index (χ0v) is 15.9. The Morgan fingerprint density at radius 3 is 2.96 bits per heavy atom. The van der Waals surface area contributed by atoms with E-state index in [1.807, 2.05) is 62.5 Å². The van der Waals surface area contributed by atoms with Crippen LogP contribution in [0.2, 0.25) is 0 Å². The first-order valence-electron chi connectivity index (χ1n) is 9.39. The molecule has 1 aliphatic heterocycles. The maximum Gasteiger partial charge on any atom is 0.251 e. The molecule has 4 rings (SSSR count). The standard InChI is InChI=1S/C23H22N2O3/c1-3-27-19-6-4-5-16(11-19)15(2)25-23(26)17-7-8-21-20-9-10-24-13-18(20)14-28-22(21)12-17/h4-13,15H,3,14H2,1-2H3,(H,25,26). The van der Waals surface area contributed by atoms with E-state index >= 15 is 0 Å². The minimum Gasteiger partial charge on any atom is -0.494 e. The minimum atomic E-state index is -0.142. The summed E-state index contributed by atoms with van der Waals surface area (Å²) in [6, 6.07) is 15.2. The molecule has 142 valence electrons. The second kappa shape index (κ2) is 7.72. The van der Waals surface area contributed by atoms with Crippen molar-refractivity contribution in [3.63, 3.8) is 0 Å². The van der Waals surface area contributed by atoms with E-state index in [4.69, 9.17) is 9.47 Å². The van der Waals surface area contributed by atoms with Gasteiger partial charge >= 0.3 is 0 Å². The fourth-order valence-corrected chi connectivity index (χ4v) is 3.37. The number of nitrogens with one attached hydrogen (secondary N) is 1. The van der Waals surface area contributed by atoms with Crippen LogP contribution in [0.15, 0.2) is 60.9 Å². The topological polar surface area (TPSA) is 60.5 Å². The summed E-state index contributed by atoms with van der Waals surface area (Å²) in [6.07, 6.45) is 3.59. The monoisotopic (exact) mass is 374 g/mol. The Balaban J connectivity index is 1.52. The highest BCUT2D eigenvalue weighted by Gasteiger charge is 2.20. The molecule has 1 aromatic heterocycles. The van der Waals surface area contributed by atoms with Crippen LogP contribution in [0.4, 0.5) is 0 Å². The Morgan fingerprint density at radius 1 is 1.21 bits per heavy atom. The van der Waals surface area contributed by atoms with Crippen molar-refractivity contribution in [1.82, 2.24) is 10.3 Å². The number of carbonyl (C=O) groups excluding carboxylic acids is 1. The van der Waals surface area contributed by atoms with E-state index < -0.39 is 0 Å². The molecule has 2 heterocycles. The van der Waals surface area contributed by atoms with Gasteiger partial charge in [0.2, 0.25) is 0 Å². The predicted octanol–water partition coefficient (Wildman–Crippen LogP) is 4.53. The molecule has 1 aliphatic rings. The molecule has 1 atom stereocenters. The van der Waals surface area contributed by atoms with E-state index in [0.29, 0.717) is 18.8 Å². The number of carbonyl (C=O) groups is 1. The molecule has 0 saturated heterocycles. The maximum absolute atomic E-state index is 12.8. The summed E-state index contributed by atoms with van der Waals surface area (Å²) in [7, 11) is 0. The first-order valence-corrected chi connectivity index (χ1v) is 9.39. The number of ether oxygens (including phenoxy) is 2. The summed E-state index contributed by atoms with van der Waals surface area (Å²) < 4.78 is 11.4. The molecule has 1 unspecified atom stereocenters. The molecule has 1 N–H and O–H groups in total. The molecule has 1 amide bonds. The van der Waals surface area contributed by atoms with Crippen LogP contribution in [-0.4, -0.2) is 17.5 Å². The number of rotatable bonds is 5. The van der Waals surface area contributed by atoms with E-state index in [9.17, 15) is 4.79 Å². The van der Waals surface area contributed by atoms with Gasteiger partial charge in [-0.25, -0.2) is 0 Å². The first kappa shape index (κ1) is 18.0. The van der Waals surface area contributed by atoms with Gasteiger partial charge in [0.25, 0.3) is 5.91 Å². The molecule has 5 nitrogen and oxygen atoms in total. The maximum atomic E-state index is 12.8. The third-order valence-electron chi connectivity index (χ3n) is 4.84. The third kappa shape index (κ3) is 3.56. The highest BCUT2D eigenvalue weighted by molar-refractivity contribution is 5.96. The van der Waals surface area contributed by atoms with Crippen LogP contribution in [0.3, 0.4) is 0 Å². The Bertz CT molecular complexity index is 1020. The van der Waals surface area contributed by atoms with Crippen molar-refractivity contribution in [2.75, 3.05) is 6.61 Å². The lowest BCUT2D eigenvalue weighted by Crippen LogP contribution is -2.26. The largest absolute Gasteiger partial charge is 0.494 e. The van der Waals surface area contributed by atoms with E-state index in [1.54, 1.807) is 12.3 Å². The van der Waals surface area contributed by atoms with Gasteiger partial charge in [0.15, 0.2) is 0 Å². The molecular formula is C23H22N2O3. The summed E-state index contributed by atoms with van der Waals surface area (Å²) in [5, 5.41) is 3.05.